The van der Waals surface area contributed by atoms with Gasteiger partial charge in [0.2, 0.25) is 0 Å². The molecule has 0 N–H and O–H groups in total. The lowest BCUT2D eigenvalue weighted by Crippen LogP contribution is -2.00. The summed E-state index contributed by atoms with van der Waals surface area (Å²) in [5.74, 6) is 0. The lowest BCUT2D eigenvalue weighted by Gasteiger charge is -2.09. The van der Waals surface area contributed by atoms with Gasteiger partial charge in [-0.3, -0.25) is 4.79 Å². The van der Waals surface area contributed by atoms with Gasteiger partial charge >= 0.3 is 0 Å². The van der Waals surface area contributed by atoms with Gasteiger partial charge in [-0.05, 0) is 31.0 Å². The van der Waals surface area contributed by atoms with Crippen LogP contribution in [-0.4, -0.2) is 19.3 Å². The molecule has 0 saturated heterocycles. The number of fused-ring (bicyclic) bond motifs is 1. The molecule has 1 heterocycles. The number of rotatable bonds is 2. The number of hydrogen-bond acceptors (Lipinski definition) is 3. The van der Waals surface area contributed by atoms with Gasteiger partial charge in [0.25, 0.3) is 9.05 Å². The van der Waals surface area contributed by atoms with E-state index in [9.17, 15) is 13.2 Å². The maximum absolute atomic E-state index is 11.6. The number of halogens is 1. The smallest absolute Gasteiger partial charge is 0.261 e. The fourth-order valence-corrected chi connectivity index (χ4v) is 4.02. The van der Waals surface area contributed by atoms with Gasteiger partial charge < -0.3 is 4.57 Å². The number of aromatic nitrogens is 1. The van der Waals surface area contributed by atoms with E-state index in [2.05, 4.69) is 0 Å². The first kappa shape index (κ1) is 13.1. The third kappa shape index (κ3) is 1.83. The molecule has 2 aromatic rings. The van der Waals surface area contributed by atoms with Crippen molar-refractivity contribution in [3.8, 4) is 0 Å². The molecule has 0 spiro atoms. The van der Waals surface area contributed by atoms with Crippen molar-refractivity contribution in [3.05, 3.63) is 29.0 Å². The van der Waals surface area contributed by atoms with Crippen LogP contribution in [0.5, 0.6) is 0 Å². The second-order valence-electron chi connectivity index (χ2n) is 4.29. The van der Waals surface area contributed by atoms with Gasteiger partial charge in [0.05, 0.1) is 4.90 Å². The van der Waals surface area contributed by atoms with Crippen molar-refractivity contribution in [2.24, 2.45) is 7.05 Å². The Morgan fingerprint density at radius 2 is 1.94 bits per heavy atom. The third-order valence-corrected chi connectivity index (χ3v) is 4.63. The molecule has 0 aliphatic heterocycles. The zero-order valence-electron chi connectivity index (χ0n) is 10.2. The van der Waals surface area contributed by atoms with Gasteiger partial charge in [0.15, 0.2) is 6.29 Å². The van der Waals surface area contributed by atoms with Crippen LogP contribution in [0.1, 0.15) is 21.5 Å². The molecule has 4 nitrogen and oxygen atoms in total. The average Bonchev–Trinajstić information content (AvgIpc) is 2.54. The molecule has 1 aromatic heterocycles. The third-order valence-electron chi connectivity index (χ3n) is 3.06. The average molecular weight is 286 g/mol. The Hall–Kier alpha value is -1.33. The number of carbonyl (C=O) groups excluding carboxylic acids is 1. The van der Waals surface area contributed by atoms with Crippen LogP contribution < -0.4 is 0 Å². The van der Waals surface area contributed by atoms with E-state index in [1.165, 1.54) is 0 Å². The first-order chi connectivity index (χ1) is 8.27. The fourth-order valence-electron chi connectivity index (χ4n) is 2.39. The maximum atomic E-state index is 11.6. The Labute approximate surface area is 110 Å². The topological polar surface area (TPSA) is 56.1 Å². The monoisotopic (exact) mass is 285 g/mol. The van der Waals surface area contributed by atoms with Crippen LogP contribution in [0.3, 0.4) is 0 Å². The lowest BCUT2D eigenvalue weighted by atomic mass is 10.0. The summed E-state index contributed by atoms with van der Waals surface area (Å²) in [5, 5.41) is 0.636. The molecule has 0 amide bonds. The van der Waals surface area contributed by atoms with Gasteiger partial charge in [-0.15, -0.1) is 0 Å². The summed E-state index contributed by atoms with van der Waals surface area (Å²) in [4.78, 5) is 11.1. The molecule has 0 bridgehead atoms. The molecule has 1 aromatic carbocycles. The van der Waals surface area contributed by atoms with Crippen LogP contribution in [0.4, 0.5) is 0 Å². The summed E-state index contributed by atoms with van der Waals surface area (Å²) in [6.07, 6.45) is 2.39. The highest BCUT2D eigenvalue weighted by Gasteiger charge is 2.21. The highest BCUT2D eigenvalue weighted by atomic mass is 35.7. The number of nitrogens with zero attached hydrogens (tertiary/aromatic N) is 1. The van der Waals surface area contributed by atoms with Crippen LogP contribution in [0.15, 0.2) is 17.2 Å². The molecule has 0 atom stereocenters. The molecule has 6 heteroatoms. The van der Waals surface area contributed by atoms with E-state index >= 15 is 0 Å². The van der Waals surface area contributed by atoms with E-state index in [-0.39, 0.29) is 4.90 Å². The van der Waals surface area contributed by atoms with Crippen LogP contribution in [0, 0.1) is 13.8 Å². The Morgan fingerprint density at radius 3 is 2.44 bits per heavy atom. The minimum Gasteiger partial charge on any atom is -0.350 e. The summed E-state index contributed by atoms with van der Waals surface area (Å²) in [5.41, 5.74) is 2.37. The van der Waals surface area contributed by atoms with Crippen molar-refractivity contribution in [1.29, 1.82) is 0 Å². The Kier molecular flexibility index (Phi) is 2.99. The van der Waals surface area contributed by atoms with Gasteiger partial charge in [-0.2, -0.15) is 0 Å². The molecule has 0 saturated carbocycles. The van der Waals surface area contributed by atoms with E-state index in [1.54, 1.807) is 30.7 Å². The van der Waals surface area contributed by atoms with Crippen LogP contribution in [0.25, 0.3) is 10.9 Å². The molecule has 18 heavy (non-hydrogen) atoms. The van der Waals surface area contributed by atoms with E-state index in [1.807, 2.05) is 7.05 Å². The first-order valence-electron chi connectivity index (χ1n) is 5.26. The molecule has 0 aliphatic carbocycles. The lowest BCUT2D eigenvalue weighted by molar-refractivity contribution is 0.112. The number of carbonyl (C=O) groups is 1. The molecule has 96 valence electrons. The quantitative estimate of drug-likeness (QED) is 0.629. The maximum Gasteiger partial charge on any atom is 0.261 e. The second-order valence-corrected chi connectivity index (χ2v) is 6.80. The van der Waals surface area contributed by atoms with E-state index in [4.69, 9.17) is 10.7 Å². The molecule has 0 aliphatic rings. The highest BCUT2D eigenvalue weighted by Crippen LogP contribution is 2.32. The summed E-state index contributed by atoms with van der Waals surface area (Å²) in [7, 11) is 3.43. The van der Waals surface area contributed by atoms with Gasteiger partial charge in [-0.25, -0.2) is 8.42 Å². The Morgan fingerprint density at radius 1 is 1.33 bits per heavy atom. The minimum atomic E-state index is -3.82. The van der Waals surface area contributed by atoms with Crippen molar-refractivity contribution >= 4 is 36.9 Å². The largest absolute Gasteiger partial charge is 0.350 e. The summed E-state index contributed by atoms with van der Waals surface area (Å²) in [6.45, 7) is 3.35. The first-order valence-corrected chi connectivity index (χ1v) is 7.57. The zero-order valence-corrected chi connectivity index (χ0v) is 11.8. The number of hydrogen-bond donors (Lipinski definition) is 0. The normalized spacial score (nSPS) is 12.0. The molecule has 0 radical (unpaired) electrons. The predicted molar refractivity (Wildman–Crippen MR) is 70.8 cm³/mol. The second kappa shape index (κ2) is 4.10. The van der Waals surface area contributed by atoms with Crippen LogP contribution in [0.2, 0.25) is 0 Å². The molecular weight excluding hydrogens is 274 g/mol. The molecular formula is C12H12ClNO3S. The van der Waals surface area contributed by atoms with E-state index in [0.717, 1.165) is 11.8 Å². The number of aryl methyl sites for hydroxylation is 3. The molecule has 2 rings (SSSR count). The van der Waals surface area contributed by atoms with Crippen molar-refractivity contribution in [3.63, 3.8) is 0 Å². The van der Waals surface area contributed by atoms with Crippen molar-refractivity contribution in [1.82, 2.24) is 4.57 Å². The number of benzene rings is 1. The van der Waals surface area contributed by atoms with Crippen molar-refractivity contribution in [2.75, 3.05) is 0 Å². The summed E-state index contributed by atoms with van der Waals surface area (Å²) in [6, 6.07) is 1.73. The molecule has 0 unspecified atom stereocenters. The Bertz CT molecular complexity index is 759. The van der Waals surface area contributed by atoms with Crippen LogP contribution in [-0.2, 0) is 16.1 Å². The zero-order chi connectivity index (χ0) is 13.7. The summed E-state index contributed by atoms with van der Waals surface area (Å²) < 4.78 is 25.0. The van der Waals surface area contributed by atoms with Gasteiger partial charge in [0.1, 0.15) is 0 Å². The highest BCUT2D eigenvalue weighted by molar-refractivity contribution is 8.13. The fraction of sp³-hybridized carbons (Fsp3) is 0.250. The Balaban J connectivity index is 3.06. The standard InChI is InChI=1S/C12H12ClNO3S/c1-7-4-10-11(9(6-15)5-14(10)3)8(2)12(7)18(13,16)17/h4-6H,1-3H3. The van der Waals surface area contributed by atoms with Gasteiger partial charge in [0, 0.05) is 40.4 Å². The number of aldehydes is 1. The van der Waals surface area contributed by atoms with Crippen molar-refractivity contribution in [2.45, 2.75) is 18.7 Å². The molecule has 0 fully saturated rings. The minimum absolute atomic E-state index is 0.0889. The van der Waals surface area contributed by atoms with Crippen molar-refractivity contribution < 1.29 is 13.2 Å². The SMILES string of the molecule is Cc1cc2c(c(C=O)cn2C)c(C)c1S(=O)(=O)Cl. The van der Waals surface area contributed by atoms with Gasteiger partial charge in [-0.1, -0.05) is 0 Å². The summed E-state index contributed by atoms with van der Waals surface area (Å²) >= 11 is 0. The predicted octanol–water partition coefficient (Wildman–Crippen LogP) is 2.54. The van der Waals surface area contributed by atoms with Crippen LogP contribution >= 0.6 is 10.7 Å². The van der Waals surface area contributed by atoms with E-state index in [0.29, 0.717) is 22.1 Å². The van der Waals surface area contributed by atoms with E-state index < -0.39 is 9.05 Å².